The lowest BCUT2D eigenvalue weighted by Gasteiger charge is -2.06. The molecule has 0 aliphatic heterocycles. The third kappa shape index (κ3) is 7.32. The van der Waals surface area contributed by atoms with Gasteiger partial charge >= 0.3 is 5.97 Å². The van der Waals surface area contributed by atoms with E-state index in [1.807, 2.05) is 30.5 Å². The van der Waals surface area contributed by atoms with Crippen LogP contribution in [0.5, 0.6) is 0 Å². The number of thioether (sulfide) groups is 1. The lowest BCUT2D eigenvalue weighted by atomic mass is 10.2. The van der Waals surface area contributed by atoms with E-state index in [1.165, 1.54) is 23.1 Å². The summed E-state index contributed by atoms with van der Waals surface area (Å²) >= 11 is 2.79. The molecule has 6 nitrogen and oxygen atoms in total. The molecule has 0 aliphatic rings. The number of Topliss-reactive ketones (excluding diaryl/α,β-unsaturated/α-hetero) is 1. The number of rotatable bonds is 11. The Morgan fingerprint density at radius 2 is 1.78 bits per heavy atom. The predicted octanol–water partition coefficient (Wildman–Crippen LogP) is 5.26. The first-order chi connectivity index (χ1) is 15.5. The van der Waals surface area contributed by atoms with Crippen molar-refractivity contribution in [2.24, 2.45) is 0 Å². The maximum absolute atomic E-state index is 12.3. The summed E-state index contributed by atoms with van der Waals surface area (Å²) in [5, 5.41) is 4.63. The van der Waals surface area contributed by atoms with Crippen LogP contribution < -0.4 is 5.32 Å². The van der Waals surface area contributed by atoms with Crippen LogP contribution in [0.4, 0.5) is 5.69 Å². The lowest BCUT2D eigenvalue weighted by molar-refractivity contribution is -0.115. The van der Waals surface area contributed by atoms with Gasteiger partial charge in [0, 0.05) is 16.6 Å². The Kier molecular flexibility index (Phi) is 9.01. The van der Waals surface area contributed by atoms with E-state index in [2.05, 4.69) is 10.3 Å². The van der Waals surface area contributed by atoms with Crippen LogP contribution in [0.15, 0.2) is 64.3 Å². The molecule has 0 fully saturated rings. The van der Waals surface area contributed by atoms with E-state index >= 15 is 0 Å². The Bertz CT molecular complexity index is 1050. The fourth-order valence-electron chi connectivity index (χ4n) is 2.72. The van der Waals surface area contributed by atoms with Gasteiger partial charge in [-0.3, -0.25) is 9.59 Å². The van der Waals surface area contributed by atoms with Gasteiger partial charge in [0.2, 0.25) is 5.91 Å². The molecule has 32 heavy (non-hydrogen) atoms. The van der Waals surface area contributed by atoms with Crippen LogP contribution in [-0.2, 0) is 16.0 Å². The van der Waals surface area contributed by atoms with Crippen molar-refractivity contribution in [3.8, 4) is 0 Å². The second-order valence-corrected chi connectivity index (χ2v) is 9.05. The number of unbranched alkanes of at least 4 members (excludes halogenated alkanes) is 1. The van der Waals surface area contributed by atoms with E-state index in [4.69, 9.17) is 4.74 Å². The zero-order chi connectivity index (χ0) is 22.8. The van der Waals surface area contributed by atoms with Gasteiger partial charge in [-0.25, -0.2) is 9.78 Å². The number of thiazole rings is 1. The van der Waals surface area contributed by atoms with Crippen LogP contribution in [0, 0.1) is 0 Å². The summed E-state index contributed by atoms with van der Waals surface area (Å²) in [5.41, 5.74) is 2.37. The summed E-state index contributed by atoms with van der Waals surface area (Å²) in [7, 11) is 0. The smallest absolute Gasteiger partial charge is 0.338 e. The van der Waals surface area contributed by atoms with Crippen molar-refractivity contribution in [3.63, 3.8) is 0 Å². The van der Waals surface area contributed by atoms with Gasteiger partial charge in [0.1, 0.15) is 0 Å². The minimum atomic E-state index is -0.366. The van der Waals surface area contributed by atoms with Crippen molar-refractivity contribution in [1.82, 2.24) is 4.98 Å². The summed E-state index contributed by atoms with van der Waals surface area (Å²) in [4.78, 5) is 40.9. The van der Waals surface area contributed by atoms with Gasteiger partial charge in [-0.05, 0) is 30.7 Å². The Hall–Kier alpha value is -2.97. The highest BCUT2D eigenvalue weighted by molar-refractivity contribution is 8.01. The first-order valence-corrected chi connectivity index (χ1v) is 12.1. The Morgan fingerprint density at radius 1 is 1.03 bits per heavy atom. The molecule has 2 aromatic carbocycles. The summed E-state index contributed by atoms with van der Waals surface area (Å²) in [6, 6.07) is 15.7. The summed E-state index contributed by atoms with van der Waals surface area (Å²) < 4.78 is 5.93. The molecule has 0 bridgehead atoms. The van der Waals surface area contributed by atoms with Crippen molar-refractivity contribution in [2.45, 2.75) is 30.5 Å². The van der Waals surface area contributed by atoms with Crippen LogP contribution in [0.2, 0.25) is 0 Å². The number of hydrogen-bond acceptors (Lipinski definition) is 7. The lowest BCUT2D eigenvalue weighted by Crippen LogP contribution is -2.14. The molecule has 166 valence electrons. The second-order valence-electron chi connectivity index (χ2n) is 6.97. The molecular weight excluding hydrogens is 444 g/mol. The Labute approximate surface area is 195 Å². The quantitative estimate of drug-likeness (QED) is 0.179. The van der Waals surface area contributed by atoms with E-state index < -0.39 is 0 Å². The molecule has 0 saturated heterocycles. The molecule has 3 rings (SSSR count). The fourth-order valence-corrected chi connectivity index (χ4v) is 4.46. The van der Waals surface area contributed by atoms with Crippen LogP contribution in [0.1, 0.15) is 46.2 Å². The Morgan fingerprint density at radius 3 is 2.50 bits per heavy atom. The highest BCUT2D eigenvalue weighted by Crippen LogP contribution is 2.24. The van der Waals surface area contributed by atoms with Gasteiger partial charge in [0.05, 0.1) is 30.0 Å². The van der Waals surface area contributed by atoms with E-state index in [-0.39, 0.29) is 24.1 Å². The number of ether oxygens (including phenoxy) is 1. The van der Waals surface area contributed by atoms with Gasteiger partial charge < -0.3 is 10.1 Å². The van der Waals surface area contributed by atoms with Gasteiger partial charge in [0.25, 0.3) is 0 Å². The van der Waals surface area contributed by atoms with E-state index in [9.17, 15) is 14.4 Å². The molecule has 8 heteroatoms. The highest BCUT2D eigenvalue weighted by atomic mass is 32.2. The van der Waals surface area contributed by atoms with Crippen LogP contribution >= 0.6 is 23.1 Å². The van der Waals surface area contributed by atoms with Crippen molar-refractivity contribution >= 4 is 46.4 Å². The third-order valence-electron chi connectivity index (χ3n) is 4.43. The summed E-state index contributed by atoms with van der Waals surface area (Å²) in [5.74, 6) is -0.223. The number of carbonyl (C=O) groups is 3. The number of anilines is 1. The zero-order valence-corrected chi connectivity index (χ0v) is 19.3. The maximum atomic E-state index is 12.3. The molecule has 0 spiro atoms. The van der Waals surface area contributed by atoms with Crippen molar-refractivity contribution < 1.29 is 19.1 Å². The van der Waals surface area contributed by atoms with Crippen LogP contribution in [0.3, 0.4) is 0 Å². The van der Waals surface area contributed by atoms with Crippen molar-refractivity contribution in [3.05, 3.63) is 76.8 Å². The van der Waals surface area contributed by atoms with E-state index in [1.54, 1.807) is 36.4 Å². The standard InChI is InChI=1S/C24H24N2O4S2/c1-2-3-13-30-23(29)18-9-11-19(12-10-18)25-22(28)14-20-15-31-24(26-20)32-16-21(27)17-7-5-4-6-8-17/h4-12,15H,2-3,13-14,16H2,1H3,(H,25,28). The minimum Gasteiger partial charge on any atom is -0.462 e. The SMILES string of the molecule is CCCCOC(=O)c1ccc(NC(=O)Cc2csc(SCC(=O)c3ccccc3)n2)cc1. The monoisotopic (exact) mass is 468 g/mol. The molecule has 0 saturated carbocycles. The number of carbonyl (C=O) groups excluding carboxylic acids is 3. The molecule has 0 unspecified atom stereocenters. The number of esters is 1. The molecule has 0 radical (unpaired) electrons. The number of nitrogens with zero attached hydrogens (tertiary/aromatic N) is 1. The number of amides is 1. The van der Waals surface area contributed by atoms with Gasteiger partial charge in [-0.15, -0.1) is 11.3 Å². The maximum Gasteiger partial charge on any atom is 0.338 e. The van der Waals surface area contributed by atoms with Gasteiger partial charge in [-0.2, -0.15) is 0 Å². The zero-order valence-electron chi connectivity index (χ0n) is 17.7. The number of ketones is 1. The molecule has 1 heterocycles. The summed E-state index contributed by atoms with van der Waals surface area (Å²) in [6.07, 6.45) is 1.92. The van der Waals surface area contributed by atoms with Crippen molar-refractivity contribution in [1.29, 1.82) is 0 Å². The van der Waals surface area contributed by atoms with E-state index in [0.717, 1.165) is 17.2 Å². The molecule has 0 aliphatic carbocycles. The van der Waals surface area contributed by atoms with Crippen LogP contribution in [-0.4, -0.2) is 35.0 Å². The number of hydrogen-bond donors (Lipinski definition) is 1. The second kappa shape index (κ2) is 12.2. The third-order valence-corrected chi connectivity index (χ3v) is 6.50. The number of benzene rings is 2. The van der Waals surface area contributed by atoms with Crippen molar-refractivity contribution in [2.75, 3.05) is 17.7 Å². The predicted molar refractivity (Wildman–Crippen MR) is 128 cm³/mol. The number of nitrogens with one attached hydrogen (secondary N) is 1. The van der Waals surface area contributed by atoms with Crippen LogP contribution in [0.25, 0.3) is 0 Å². The molecular formula is C24H24N2O4S2. The minimum absolute atomic E-state index is 0.0442. The first-order valence-electron chi connectivity index (χ1n) is 10.3. The average Bonchev–Trinajstić information content (AvgIpc) is 3.25. The van der Waals surface area contributed by atoms with Gasteiger partial charge in [-0.1, -0.05) is 55.4 Å². The molecule has 0 atom stereocenters. The summed E-state index contributed by atoms with van der Waals surface area (Å²) in [6.45, 7) is 2.44. The molecule has 1 amide bonds. The topological polar surface area (TPSA) is 85.4 Å². The fraction of sp³-hybridized carbons (Fsp3) is 0.250. The molecule has 1 aromatic heterocycles. The van der Waals surface area contributed by atoms with E-state index in [0.29, 0.717) is 34.9 Å². The average molecular weight is 469 g/mol. The first kappa shape index (κ1) is 23.7. The normalized spacial score (nSPS) is 10.5. The highest BCUT2D eigenvalue weighted by Gasteiger charge is 2.12. The molecule has 1 N–H and O–H groups in total. The number of aromatic nitrogens is 1. The Balaban J connectivity index is 1.45. The molecule has 3 aromatic rings. The van der Waals surface area contributed by atoms with Gasteiger partial charge in [0.15, 0.2) is 10.1 Å². The largest absolute Gasteiger partial charge is 0.462 e.